The summed E-state index contributed by atoms with van der Waals surface area (Å²) in [5.41, 5.74) is 1.14. The van der Waals surface area contributed by atoms with Crippen molar-refractivity contribution < 1.29 is 9.47 Å². The van der Waals surface area contributed by atoms with Crippen LogP contribution in [0.3, 0.4) is 0 Å². The third-order valence-corrected chi connectivity index (χ3v) is 3.50. The van der Waals surface area contributed by atoms with Crippen LogP contribution in [0.1, 0.15) is 24.3 Å². The first-order chi connectivity index (χ1) is 8.26. The van der Waals surface area contributed by atoms with Crippen LogP contribution in [-0.4, -0.2) is 27.3 Å². The maximum absolute atomic E-state index is 6.21. The number of halogens is 1. The van der Waals surface area contributed by atoms with E-state index in [1.165, 1.54) is 6.42 Å². The Labute approximate surface area is 107 Å². The van der Waals surface area contributed by atoms with E-state index in [4.69, 9.17) is 21.1 Å². The van der Waals surface area contributed by atoms with Crippen molar-refractivity contribution in [2.45, 2.75) is 18.8 Å². The Bertz CT molecular complexity index is 389. The first-order valence-electron chi connectivity index (χ1n) is 5.88. The van der Waals surface area contributed by atoms with Crippen LogP contribution in [0.4, 0.5) is 0 Å². The fourth-order valence-electron chi connectivity index (χ4n) is 2.34. The lowest BCUT2D eigenvalue weighted by molar-refractivity contribution is 0.384. The Balaban J connectivity index is 2.38. The number of ether oxygens (including phenoxy) is 2. The highest BCUT2D eigenvalue weighted by Crippen LogP contribution is 2.39. The number of piperidine rings is 1. The highest BCUT2D eigenvalue weighted by Gasteiger charge is 2.21. The van der Waals surface area contributed by atoms with Gasteiger partial charge in [-0.2, -0.15) is 0 Å². The monoisotopic (exact) mass is 255 g/mol. The minimum Gasteiger partial charge on any atom is -0.497 e. The molecule has 4 heteroatoms. The second-order valence-electron chi connectivity index (χ2n) is 4.27. The quantitative estimate of drug-likeness (QED) is 0.901. The lowest BCUT2D eigenvalue weighted by Crippen LogP contribution is -2.28. The molecule has 0 radical (unpaired) electrons. The van der Waals surface area contributed by atoms with Gasteiger partial charge in [-0.15, -0.1) is 0 Å². The van der Waals surface area contributed by atoms with Crippen LogP contribution in [0, 0.1) is 0 Å². The zero-order valence-corrected chi connectivity index (χ0v) is 11.0. The highest BCUT2D eigenvalue weighted by molar-refractivity contribution is 6.32. The summed E-state index contributed by atoms with van der Waals surface area (Å²) in [6.07, 6.45) is 2.34. The number of rotatable bonds is 3. The predicted molar refractivity (Wildman–Crippen MR) is 69.4 cm³/mol. The standard InChI is InChI=1S/C13H18ClNO2/c1-16-10-6-11(9-4-3-5-15-8-9)13(17-2)12(14)7-10/h6-7,9,15H,3-5,8H2,1-2H3. The molecular weight excluding hydrogens is 238 g/mol. The van der Waals surface area contributed by atoms with Gasteiger partial charge in [0, 0.05) is 24.1 Å². The number of methoxy groups -OCH3 is 2. The van der Waals surface area contributed by atoms with E-state index in [0.717, 1.165) is 36.6 Å². The molecule has 1 atom stereocenters. The van der Waals surface area contributed by atoms with Crippen LogP contribution < -0.4 is 14.8 Å². The lowest BCUT2D eigenvalue weighted by Gasteiger charge is -2.25. The molecule has 0 saturated carbocycles. The van der Waals surface area contributed by atoms with Crippen molar-refractivity contribution in [3.05, 3.63) is 22.7 Å². The summed E-state index contributed by atoms with van der Waals surface area (Å²) >= 11 is 6.21. The van der Waals surface area contributed by atoms with Crippen molar-refractivity contribution in [1.82, 2.24) is 5.32 Å². The highest BCUT2D eigenvalue weighted by atomic mass is 35.5. The molecule has 1 aromatic carbocycles. The molecule has 0 aliphatic carbocycles. The van der Waals surface area contributed by atoms with Crippen LogP contribution in [0.5, 0.6) is 11.5 Å². The molecule has 1 aliphatic heterocycles. The smallest absolute Gasteiger partial charge is 0.141 e. The molecule has 17 heavy (non-hydrogen) atoms. The molecule has 2 rings (SSSR count). The molecule has 1 aliphatic rings. The summed E-state index contributed by atoms with van der Waals surface area (Å²) in [5, 5.41) is 4.02. The maximum Gasteiger partial charge on any atom is 0.141 e. The van der Waals surface area contributed by atoms with E-state index in [-0.39, 0.29) is 0 Å². The Morgan fingerprint density at radius 3 is 2.71 bits per heavy atom. The molecule has 94 valence electrons. The molecule has 0 bridgehead atoms. The second kappa shape index (κ2) is 5.61. The summed E-state index contributed by atoms with van der Waals surface area (Å²) in [6.45, 7) is 2.07. The Morgan fingerprint density at radius 1 is 1.29 bits per heavy atom. The third-order valence-electron chi connectivity index (χ3n) is 3.22. The van der Waals surface area contributed by atoms with Gasteiger partial charge >= 0.3 is 0 Å². The molecule has 1 aromatic rings. The van der Waals surface area contributed by atoms with E-state index in [1.807, 2.05) is 6.07 Å². The molecule has 1 saturated heterocycles. The third kappa shape index (κ3) is 2.67. The number of hydrogen-bond acceptors (Lipinski definition) is 3. The van der Waals surface area contributed by atoms with Gasteiger partial charge in [-0.25, -0.2) is 0 Å². The van der Waals surface area contributed by atoms with Crippen molar-refractivity contribution in [2.24, 2.45) is 0 Å². The number of benzene rings is 1. The van der Waals surface area contributed by atoms with Crippen LogP contribution in [0.25, 0.3) is 0 Å². The van der Waals surface area contributed by atoms with Crippen LogP contribution in [0.2, 0.25) is 5.02 Å². The molecule has 1 unspecified atom stereocenters. The van der Waals surface area contributed by atoms with Gasteiger partial charge in [0.05, 0.1) is 19.2 Å². The SMILES string of the molecule is COc1cc(Cl)c(OC)c(C2CCCNC2)c1. The van der Waals surface area contributed by atoms with Gasteiger partial charge in [0.15, 0.2) is 0 Å². The van der Waals surface area contributed by atoms with Gasteiger partial charge in [0.2, 0.25) is 0 Å². The number of nitrogens with one attached hydrogen (secondary N) is 1. The summed E-state index contributed by atoms with van der Waals surface area (Å²) in [4.78, 5) is 0. The van der Waals surface area contributed by atoms with Gasteiger partial charge < -0.3 is 14.8 Å². The van der Waals surface area contributed by atoms with E-state index in [2.05, 4.69) is 5.32 Å². The molecule has 1 N–H and O–H groups in total. The van der Waals surface area contributed by atoms with Crippen molar-refractivity contribution in [1.29, 1.82) is 0 Å². The first kappa shape index (κ1) is 12.5. The Morgan fingerprint density at radius 2 is 2.12 bits per heavy atom. The summed E-state index contributed by atoms with van der Waals surface area (Å²) in [6, 6.07) is 3.82. The Hall–Kier alpha value is -0.930. The van der Waals surface area contributed by atoms with Gasteiger partial charge in [0.25, 0.3) is 0 Å². The number of hydrogen-bond donors (Lipinski definition) is 1. The predicted octanol–water partition coefficient (Wildman–Crippen LogP) is 2.82. The fourth-order valence-corrected chi connectivity index (χ4v) is 2.64. The first-order valence-corrected chi connectivity index (χ1v) is 6.26. The molecule has 0 spiro atoms. The van der Waals surface area contributed by atoms with E-state index in [9.17, 15) is 0 Å². The minimum absolute atomic E-state index is 0.450. The van der Waals surface area contributed by atoms with Crippen molar-refractivity contribution in [2.75, 3.05) is 27.3 Å². The molecule has 3 nitrogen and oxygen atoms in total. The van der Waals surface area contributed by atoms with Gasteiger partial charge in [-0.05, 0) is 25.5 Å². The van der Waals surface area contributed by atoms with Crippen LogP contribution in [0.15, 0.2) is 12.1 Å². The zero-order chi connectivity index (χ0) is 12.3. The van der Waals surface area contributed by atoms with E-state index >= 15 is 0 Å². The normalized spacial score (nSPS) is 20.1. The van der Waals surface area contributed by atoms with E-state index < -0.39 is 0 Å². The minimum atomic E-state index is 0.450. The topological polar surface area (TPSA) is 30.5 Å². The van der Waals surface area contributed by atoms with Crippen LogP contribution in [-0.2, 0) is 0 Å². The average molecular weight is 256 g/mol. The lowest BCUT2D eigenvalue weighted by atomic mass is 9.91. The zero-order valence-electron chi connectivity index (χ0n) is 10.3. The van der Waals surface area contributed by atoms with Gasteiger partial charge in [-0.1, -0.05) is 11.6 Å². The van der Waals surface area contributed by atoms with Crippen LogP contribution >= 0.6 is 11.6 Å². The van der Waals surface area contributed by atoms with Gasteiger partial charge in [0.1, 0.15) is 11.5 Å². The molecular formula is C13H18ClNO2. The molecule has 0 aromatic heterocycles. The van der Waals surface area contributed by atoms with Crippen molar-refractivity contribution >= 4 is 11.6 Å². The fraction of sp³-hybridized carbons (Fsp3) is 0.538. The van der Waals surface area contributed by atoms with E-state index in [0.29, 0.717) is 10.9 Å². The van der Waals surface area contributed by atoms with Crippen molar-refractivity contribution in [3.8, 4) is 11.5 Å². The maximum atomic E-state index is 6.21. The summed E-state index contributed by atoms with van der Waals surface area (Å²) in [5.74, 6) is 2.02. The Kier molecular flexibility index (Phi) is 4.13. The van der Waals surface area contributed by atoms with E-state index in [1.54, 1.807) is 20.3 Å². The average Bonchev–Trinajstić information content (AvgIpc) is 2.38. The molecule has 1 fully saturated rings. The molecule has 0 amide bonds. The van der Waals surface area contributed by atoms with Gasteiger partial charge in [-0.3, -0.25) is 0 Å². The molecule has 1 heterocycles. The summed E-state index contributed by atoms with van der Waals surface area (Å²) < 4.78 is 10.7. The summed E-state index contributed by atoms with van der Waals surface area (Å²) in [7, 11) is 3.31. The largest absolute Gasteiger partial charge is 0.497 e. The second-order valence-corrected chi connectivity index (χ2v) is 4.68. The van der Waals surface area contributed by atoms with Crippen molar-refractivity contribution in [3.63, 3.8) is 0 Å².